The summed E-state index contributed by atoms with van der Waals surface area (Å²) >= 11 is 0. The van der Waals surface area contributed by atoms with Gasteiger partial charge in [-0.05, 0) is 48.5 Å². The second-order valence-corrected chi connectivity index (χ2v) is 15.5. The lowest BCUT2D eigenvalue weighted by atomic mass is 9.85. The second kappa shape index (κ2) is 16.0. The van der Waals surface area contributed by atoms with Crippen molar-refractivity contribution < 1.29 is 33.6 Å². The quantitative estimate of drug-likeness (QED) is 0.182. The summed E-state index contributed by atoms with van der Waals surface area (Å²) < 4.78 is 0. The van der Waals surface area contributed by atoms with Crippen molar-refractivity contribution in [2.75, 3.05) is 27.2 Å². The van der Waals surface area contributed by atoms with Crippen LogP contribution in [0, 0.1) is 22.7 Å². The summed E-state index contributed by atoms with van der Waals surface area (Å²) in [5, 5.41) is 13.2. The van der Waals surface area contributed by atoms with Crippen LogP contribution < -0.4 is 26.6 Å². The average molecular weight is 698 g/mol. The largest absolute Gasteiger partial charge is 0.347 e. The van der Waals surface area contributed by atoms with Gasteiger partial charge in [0.2, 0.25) is 29.4 Å². The first kappa shape index (κ1) is 39.9. The molecule has 5 N–H and O–H groups in total. The first-order chi connectivity index (χ1) is 23.2. The highest BCUT2D eigenvalue weighted by Crippen LogP contribution is 2.65. The minimum absolute atomic E-state index is 0.0496. The molecule has 6 atom stereocenters. The Kier molecular flexibility index (Phi) is 12.8. The zero-order valence-corrected chi connectivity index (χ0v) is 31.0. The number of nitrogens with one attached hydrogen (secondary N) is 5. The SMILES string of the molecule is CCCC(NC(=O)[C@@H]1[C@@H]2[C@H](CN1C(=O)[C@@H](NC(=O)NC(C)C)C(C)(C)C)C2(C)C)C(=O)C(=O)NCC(=O)N[C@H](C(=O)N(C)C)c1ccccc1. The monoisotopic (exact) mass is 697 g/mol. The number of urea groups is 1. The van der Waals surface area contributed by atoms with Crippen LogP contribution in [-0.2, 0) is 28.8 Å². The van der Waals surface area contributed by atoms with E-state index < -0.39 is 71.6 Å². The van der Waals surface area contributed by atoms with E-state index in [-0.39, 0.29) is 35.6 Å². The van der Waals surface area contributed by atoms with Crippen molar-refractivity contribution in [3.05, 3.63) is 35.9 Å². The number of carbonyl (C=O) groups excluding carboxylic acids is 7. The molecule has 0 spiro atoms. The van der Waals surface area contributed by atoms with E-state index in [0.29, 0.717) is 18.5 Å². The average Bonchev–Trinajstić information content (AvgIpc) is 3.33. The smallest absolute Gasteiger partial charge is 0.315 e. The van der Waals surface area contributed by atoms with Crippen LogP contribution in [0.5, 0.6) is 0 Å². The number of fused-ring (bicyclic) bond motifs is 1. The molecule has 14 nitrogen and oxygen atoms in total. The predicted octanol–water partition coefficient (Wildman–Crippen LogP) is 1.51. The molecule has 0 bridgehead atoms. The Hall–Kier alpha value is -4.49. The summed E-state index contributed by atoms with van der Waals surface area (Å²) in [6.45, 7) is 14.7. The van der Waals surface area contributed by atoms with Crippen molar-refractivity contribution in [2.45, 2.75) is 98.4 Å². The number of benzene rings is 1. The fourth-order valence-electron chi connectivity index (χ4n) is 6.69. The third-order valence-electron chi connectivity index (χ3n) is 9.54. The lowest BCUT2D eigenvalue weighted by molar-refractivity contribution is -0.145. The molecule has 1 unspecified atom stereocenters. The van der Waals surface area contributed by atoms with Crippen molar-refractivity contribution in [2.24, 2.45) is 22.7 Å². The van der Waals surface area contributed by atoms with Crippen LogP contribution >= 0.6 is 0 Å². The van der Waals surface area contributed by atoms with Crippen LogP contribution in [0.4, 0.5) is 4.79 Å². The van der Waals surface area contributed by atoms with Crippen LogP contribution in [0.3, 0.4) is 0 Å². The molecule has 2 fully saturated rings. The van der Waals surface area contributed by atoms with Crippen LogP contribution in [0.15, 0.2) is 30.3 Å². The summed E-state index contributed by atoms with van der Waals surface area (Å²) in [4.78, 5) is 95.5. The third-order valence-corrected chi connectivity index (χ3v) is 9.54. The van der Waals surface area contributed by atoms with Gasteiger partial charge in [-0.15, -0.1) is 0 Å². The Labute approximate surface area is 295 Å². The molecule has 1 aromatic rings. The fraction of sp³-hybridized carbons (Fsp3) is 0.639. The Bertz CT molecular complexity index is 1450. The van der Waals surface area contributed by atoms with Gasteiger partial charge in [-0.1, -0.05) is 78.3 Å². The maximum absolute atomic E-state index is 14.1. The number of nitrogens with zero attached hydrogens (tertiary/aromatic N) is 2. The molecule has 1 aromatic carbocycles. The molecule has 0 aromatic heterocycles. The summed E-state index contributed by atoms with van der Waals surface area (Å²) in [7, 11) is 3.12. The van der Waals surface area contributed by atoms with Gasteiger partial charge in [-0.25, -0.2) is 4.79 Å². The van der Waals surface area contributed by atoms with Gasteiger partial charge in [0.15, 0.2) is 0 Å². The highest BCUT2D eigenvalue weighted by molar-refractivity contribution is 6.38. The Morgan fingerprint density at radius 3 is 2.10 bits per heavy atom. The highest BCUT2D eigenvalue weighted by atomic mass is 16.2. The predicted molar refractivity (Wildman–Crippen MR) is 187 cm³/mol. The number of likely N-dealkylation sites (tertiary alicyclic amines) is 1. The molecule has 50 heavy (non-hydrogen) atoms. The van der Waals surface area contributed by atoms with Gasteiger partial charge in [-0.3, -0.25) is 28.8 Å². The molecular weight excluding hydrogens is 642 g/mol. The second-order valence-electron chi connectivity index (χ2n) is 15.5. The maximum atomic E-state index is 14.1. The molecule has 276 valence electrons. The van der Waals surface area contributed by atoms with Crippen molar-refractivity contribution in [1.82, 2.24) is 36.4 Å². The lowest BCUT2D eigenvalue weighted by Crippen LogP contribution is -2.61. The van der Waals surface area contributed by atoms with E-state index in [9.17, 15) is 33.6 Å². The van der Waals surface area contributed by atoms with E-state index in [4.69, 9.17) is 0 Å². The minimum Gasteiger partial charge on any atom is -0.347 e. The van der Waals surface area contributed by atoms with Gasteiger partial charge in [-0.2, -0.15) is 0 Å². The number of hydrogen-bond acceptors (Lipinski definition) is 7. The molecule has 0 radical (unpaired) electrons. The van der Waals surface area contributed by atoms with Crippen molar-refractivity contribution in [3.63, 3.8) is 0 Å². The maximum Gasteiger partial charge on any atom is 0.315 e. The number of amides is 7. The molecule has 7 amide bonds. The lowest BCUT2D eigenvalue weighted by Gasteiger charge is -2.38. The fourth-order valence-corrected chi connectivity index (χ4v) is 6.69. The zero-order chi connectivity index (χ0) is 37.7. The van der Waals surface area contributed by atoms with Crippen molar-refractivity contribution in [1.29, 1.82) is 0 Å². The van der Waals surface area contributed by atoms with E-state index in [2.05, 4.69) is 26.6 Å². The molecule has 3 rings (SSSR count). The first-order valence-electron chi connectivity index (χ1n) is 17.3. The molecule has 1 aliphatic heterocycles. The number of rotatable bonds is 14. The van der Waals surface area contributed by atoms with Crippen LogP contribution in [0.1, 0.15) is 79.8 Å². The van der Waals surface area contributed by atoms with Crippen LogP contribution in [0.25, 0.3) is 0 Å². The normalized spacial score (nSPS) is 20.8. The Morgan fingerprint density at radius 1 is 0.940 bits per heavy atom. The molecule has 14 heteroatoms. The van der Waals surface area contributed by atoms with Gasteiger partial charge in [0, 0.05) is 26.7 Å². The van der Waals surface area contributed by atoms with Crippen molar-refractivity contribution in [3.8, 4) is 0 Å². The minimum atomic E-state index is -1.20. The van der Waals surface area contributed by atoms with Gasteiger partial charge < -0.3 is 36.4 Å². The molecule has 1 heterocycles. The topological polar surface area (TPSA) is 186 Å². The number of hydrogen-bond donors (Lipinski definition) is 5. The van der Waals surface area contributed by atoms with E-state index in [1.165, 1.54) is 9.80 Å². The highest BCUT2D eigenvalue weighted by Gasteiger charge is 2.70. The number of Topliss-reactive ketones (excluding diaryl/α,β-unsaturated/α-hetero) is 1. The van der Waals surface area contributed by atoms with Gasteiger partial charge in [0.25, 0.3) is 5.91 Å². The zero-order valence-electron chi connectivity index (χ0n) is 31.0. The molecular formula is C36H55N7O7. The van der Waals surface area contributed by atoms with E-state index in [1.54, 1.807) is 51.4 Å². The first-order valence-corrected chi connectivity index (χ1v) is 17.3. The van der Waals surface area contributed by atoms with Gasteiger partial charge in [0.1, 0.15) is 18.1 Å². The molecule has 1 aliphatic carbocycles. The molecule has 2 aliphatic rings. The van der Waals surface area contributed by atoms with Crippen LogP contribution in [-0.4, -0.2) is 103 Å². The summed E-state index contributed by atoms with van der Waals surface area (Å²) in [5.41, 5.74) is -0.351. The van der Waals surface area contributed by atoms with Crippen LogP contribution in [0.2, 0.25) is 0 Å². The number of piperidine rings is 1. The number of likely N-dealkylation sites (N-methyl/N-ethyl adjacent to an activating group) is 1. The standard InChI is InChI=1S/C36H55N7O7/c1-11-15-23(28(45)31(47)37-18-24(44)40-26(32(48)42(9)10)21-16-13-12-14-17-21)39-30(46)27-25-22(36(25,7)8)19-43(27)33(49)29(35(4,5)6)41-34(50)38-20(2)3/h12-14,16-17,20,22-23,25-27,29H,11,15,18-19H2,1-10H3,(H,37,47)(H,39,46)(H,40,44)(H2,38,41,50)/t22-,23?,25-,26-,27-,29+/m0/s1. The van der Waals surface area contributed by atoms with E-state index in [0.717, 1.165) is 0 Å². The Morgan fingerprint density at radius 2 is 1.56 bits per heavy atom. The summed E-state index contributed by atoms with van der Waals surface area (Å²) in [6, 6.07) is 3.95. The molecule has 1 saturated carbocycles. The summed E-state index contributed by atoms with van der Waals surface area (Å²) in [5.74, 6) is -4.13. The van der Waals surface area contributed by atoms with Gasteiger partial charge >= 0.3 is 6.03 Å². The third kappa shape index (κ3) is 9.39. The number of carbonyl (C=O) groups is 7. The Balaban J connectivity index is 1.72. The molecule has 1 saturated heterocycles. The van der Waals surface area contributed by atoms with Gasteiger partial charge in [0.05, 0.1) is 12.6 Å². The van der Waals surface area contributed by atoms with Crippen molar-refractivity contribution >= 4 is 41.4 Å². The summed E-state index contributed by atoms with van der Waals surface area (Å²) in [6.07, 6.45) is 0.610. The number of ketones is 1. The van der Waals surface area contributed by atoms with E-state index in [1.807, 2.05) is 48.5 Å². The van der Waals surface area contributed by atoms with E-state index >= 15 is 0 Å².